The van der Waals surface area contributed by atoms with Gasteiger partial charge in [0.15, 0.2) is 0 Å². The van der Waals surface area contributed by atoms with E-state index in [4.69, 9.17) is 9.84 Å². The predicted octanol–water partition coefficient (Wildman–Crippen LogP) is -0.0196. The highest BCUT2D eigenvalue weighted by Crippen LogP contribution is 2.14. The number of rotatable bonds is 7. The Hall–Kier alpha value is -1.14. The van der Waals surface area contributed by atoms with Gasteiger partial charge < -0.3 is 20.5 Å². The second kappa shape index (κ2) is 7.33. The van der Waals surface area contributed by atoms with Crippen molar-refractivity contribution in [3.8, 4) is 0 Å². The molecular weight excluding hydrogens is 236 g/mol. The number of carbonyl (C=O) groups excluding carboxylic acids is 1. The summed E-state index contributed by atoms with van der Waals surface area (Å²) in [6.07, 6.45) is 0.514. The lowest BCUT2D eigenvalue weighted by atomic mass is 10.0. The van der Waals surface area contributed by atoms with Crippen LogP contribution in [0.3, 0.4) is 0 Å². The van der Waals surface area contributed by atoms with Gasteiger partial charge in [-0.3, -0.25) is 9.59 Å². The fraction of sp³-hybridized carbons (Fsp3) is 0.833. The van der Waals surface area contributed by atoms with Crippen LogP contribution < -0.4 is 10.6 Å². The highest BCUT2D eigenvalue weighted by atomic mass is 16.5. The number of hydrogen-bond acceptors (Lipinski definition) is 4. The zero-order valence-corrected chi connectivity index (χ0v) is 10.9. The number of carboxylic acids is 1. The topological polar surface area (TPSA) is 87.7 Å². The molecule has 1 rings (SSSR count). The van der Waals surface area contributed by atoms with Gasteiger partial charge in [-0.2, -0.15) is 0 Å². The number of nitrogens with one attached hydrogen (secondary N) is 2. The molecular formula is C12H22N2O4. The van der Waals surface area contributed by atoms with Crippen LogP contribution in [0.2, 0.25) is 0 Å². The lowest BCUT2D eigenvalue weighted by molar-refractivity contribution is -0.137. The van der Waals surface area contributed by atoms with E-state index in [0.717, 1.165) is 6.54 Å². The molecule has 0 aliphatic carbocycles. The van der Waals surface area contributed by atoms with Crippen molar-refractivity contribution in [2.75, 3.05) is 19.8 Å². The maximum atomic E-state index is 12.0. The Bertz CT molecular complexity index is 296. The van der Waals surface area contributed by atoms with Crippen LogP contribution in [0.1, 0.15) is 26.7 Å². The summed E-state index contributed by atoms with van der Waals surface area (Å²) in [4.78, 5) is 22.4. The van der Waals surface area contributed by atoms with Crippen LogP contribution in [0.4, 0.5) is 0 Å². The SMILES string of the molecule is CCNC1COCC1C(=O)NC(C)CCC(=O)O. The average molecular weight is 258 g/mol. The summed E-state index contributed by atoms with van der Waals surface area (Å²) in [7, 11) is 0. The molecule has 3 N–H and O–H groups in total. The number of carbonyl (C=O) groups is 2. The first-order valence-electron chi connectivity index (χ1n) is 6.37. The van der Waals surface area contributed by atoms with Gasteiger partial charge in [-0.05, 0) is 19.9 Å². The molecule has 0 spiro atoms. The molecule has 6 nitrogen and oxygen atoms in total. The Labute approximate surface area is 107 Å². The molecule has 0 saturated carbocycles. The zero-order valence-electron chi connectivity index (χ0n) is 10.9. The Morgan fingerprint density at radius 3 is 2.78 bits per heavy atom. The quantitative estimate of drug-likeness (QED) is 0.597. The van der Waals surface area contributed by atoms with Gasteiger partial charge in [-0.15, -0.1) is 0 Å². The van der Waals surface area contributed by atoms with Crippen LogP contribution in [-0.4, -0.2) is 48.8 Å². The van der Waals surface area contributed by atoms with Gasteiger partial charge >= 0.3 is 5.97 Å². The van der Waals surface area contributed by atoms with Gasteiger partial charge in [0.1, 0.15) is 0 Å². The maximum absolute atomic E-state index is 12.0. The molecule has 1 heterocycles. The van der Waals surface area contributed by atoms with Gasteiger partial charge in [0.25, 0.3) is 0 Å². The van der Waals surface area contributed by atoms with Crippen molar-refractivity contribution in [2.24, 2.45) is 5.92 Å². The molecule has 104 valence electrons. The van der Waals surface area contributed by atoms with Crippen LogP contribution in [0.25, 0.3) is 0 Å². The van der Waals surface area contributed by atoms with Gasteiger partial charge in [-0.25, -0.2) is 0 Å². The van der Waals surface area contributed by atoms with Crippen LogP contribution in [-0.2, 0) is 14.3 Å². The van der Waals surface area contributed by atoms with E-state index in [0.29, 0.717) is 19.6 Å². The Kier molecular flexibility index (Phi) is 6.07. The first-order chi connectivity index (χ1) is 8.54. The van der Waals surface area contributed by atoms with Crippen LogP contribution in [0.15, 0.2) is 0 Å². The molecule has 1 fully saturated rings. The van der Waals surface area contributed by atoms with E-state index in [2.05, 4.69) is 10.6 Å². The van der Waals surface area contributed by atoms with Crippen molar-refractivity contribution in [3.05, 3.63) is 0 Å². The number of aliphatic carboxylic acids is 1. The van der Waals surface area contributed by atoms with Crippen molar-refractivity contribution < 1.29 is 19.4 Å². The van der Waals surface area contributed by atoms with Crippen LogP contribution >= 0.6 is 0 Å². The molecule has 1 aliphatic rings. The molecule has 3 unspecified atom stereocenters. The van der Waals surface area contributed by atoms with E-state index < -0.39 is 5.97 Å². The van der Waals surface area contributed by atoms with Crippen molar-refractivity contribution >= 4 is 11.9 Å². The second-order valence-electron chi connectivity index (χ2n) is 4.65. The average Bonchev–Trinajstić information content (AvgIpc) is 2.75. The van der Waals surface area contributed by atoms with Crippen molar-refractivity contribution in [2.45, 2.75) is 38.8 Å². The minimum absolute atomic E-state index is 0.0571. The smallest absolute Gasteiger partial charge is 0.303 e. The first-order valence-corrected chi connectivity index (χ1v) is 6.37. The predicted molar refractivity (Wildman–Crippen MR) is 66.2 cm³/mol. The van der Waals surface area contributed by atoms with Gasteiger partial charge in [-0.1, -0.05) is 6.92 Å². The van der Waals surface area contributed by atoms with Crippen LogP contribution in [0.5, 0.6) is 0 Å². The number of carboxylic acid groups (broad SMARTS) is 1. The van der Waals surface area contributed by atoms with Gasteiger partial charge in [0.05, 0.1) is 19.1 Å². The first kappa shape index (κ1) is 14.9. The summed E-state index contributed by atoms with van der Waals surface area (Å²) >= 11 is 0. The Balaban J connectivity index is 2.37. The monoisotopic (exact) mass is 258 g/mol. The summed E-state index contributed by atoms with van der Waals surface area (Å²) in [6, 6.07) is -0.0712. The zero-order chi connectivity index (χ0) is 13.5. The lowest BCUT2D eigenvalue weighted by Gasteiger charge is -2.20. The summed E-state index contributed by atoms with van der Waals surface area (Å²) in [5.41, 5.74) is 0. The molecule has 0 aromatic carbocycles. The van der Waals surface area contributed by atoms with Gasteiger partial charge in [0, 0.05) is 18.5 Å². The fourth-order valence-corrected chi connectivity index (χ4v) is 2.04. The van der Waals surface area contributed by atoms with Crippen molar-refractivity contribution in [1.82, 2.24) is 10.6 Å². The molecule has 6 heteroatoms. The standard InChI is InChI=1S/C12H22N2O4/c1-3-13-10-7-18-6-9(10)12(17)14-8(2)4-5-11(15)16/h8-10,13H,3-7H2,1-2H3,(H,14,17)(H,15,16). The number of hydrogen-bond donors (Lipinski definition) is 3. The highest BCUT2D eigenvalue weighted by molar-refractivity contribution is 5.80. The third-order valence-corrected chi connectivity index (χ3v) is 3.06. The third-order valence-electron chi connectivity index (χ3n) is 3.06. The molecule has 0 aromatic heterocycles. The summed E-state index contributed by atoms with van der Waals surface area (Å²) in [5, 5.41) is 14.6. The van der Waals surface area contributed by atoms with E-state index in [1.807, 2.05) is 13.8 Å². The Morgan fingerprint density at radius 2 is 2.17 bits per heavy atom. The molecule has 3 atom stereocenters. The molecule has 0 bridgehead atoms. The molecule has 0 radical (unpaired) electrons. The summed E-state index contributed by atoms with van der Waals surface area (Å²) in [6.45, 7) is 5.58. The third kappa shape index (κ3) is 4.62. The number of likely N-dealkylation sites (N-methyl/N-ethyl adjacent to an activating group) is 1. The van der Waals surface area contributed by atoms with Gasteiger partial charge in [0.2, 0.25) is 5.91 Å². The number of amides is 1. The summed E-state index contributed by atoms with van der Waals surface area (Å²) in [5.74, 6) is -1.08. The Morgan fingerprint density at radius 1 is 1.44 bits per heavy atom. The van der Waals surface area contributed by atoms with Crippen molar-refractivity contribution in [1.29, 1.82) is 0 Å². The molecule has 0 aromatic rings. The summed E-state index contributed by atoms with van der Waals surface area (Å²) < 4.78 is 5.31. The van der Waals surface area contributed by atoms with E-state index in [-0.39, 0.29) is 30.3 Å². The minimum Gasteiger partial charge on any atom is -0.481 e. The van der Waals surface area contributed by atoms with E-state index >= 15 is 0 Å². The lowest BCUT2D eigenvalue weighted by Crippen LogP contribution is -2.46. The largest absolute Gasteiger partial charge is 0.481 e. The molecule has 1 aliphatic heterocycles. The molecule has 1 saturated heterocycles. The van der Waals surface area contributed by atoms with Crippen LogP contribution in [0, 0.1) is 5.92 Å². The number of ether oxygens (including phenoxy) is 1. The second-order valence-corrected chi connectivity index (χ2v) is 4.65. The fourth-order valence-electron chi connectivity index (χ4n) is 2.04. The minimum atomic E-state index is -0.842. The van der Waals surface area contributed by atoms with E-state index in [1.165, 1.54) is 0 Å². The van der Waals surface area contributed by atoms with E-state index in [9.17, 15) is 9.59 Å². The molecule has 18 heavy (non-hydrogen) atoms. The molecule has 1 amide bonds. The maximum Gasteiger partial charge on any atom is 0.303 e. The van der Waals surface area contributed by atoms with E-state index in [1.54, 1.807) is 0 Å². The normalized spacial score (nSPS) is 24.8. The highest BCUT2D eigenvalue weighted by Gasteiger charge is 2.33. The van der Waals surface area contributed by atoms with Crippen molar-refractivity contribution in [3.63, 3.8) is 0 Å².